The molecule has 2 fully saturated rings. The van der Waals surface area contributed by atoms with Crippen LogP contribution in [0.3, 0.4) is 0 Å². The zero-order chi connectivity index (χ0) is 22.1. The summed E-state index contributed by atoms with van der Waals surface area (Å²) in [5, 5.41) is 0. The van der Waals surface area contributed by atoms with Gasteiger partial charge in [-0.3, -0.25) is 9.88 Å². The van der Waals surface area contributed by atoms with Gasteiger partial charge in [0.15, 0.2) is 0 Å². The van der Waals surface area contributed by atoms with Crippen LogP contribution in [0.1, 0.15) is 66.8 Å². The first-order valence-electron chi connectivity index (χ1n) is 12.0. The molecular weight excluding hydrogens is 398 g/mol. The topological polar surface area (TPSA) is 45.9 Å². The number of ether oxygens (including phenoxy) is 1. The van der Waals surface area contributed by atoms with Gasteiger partial charge < -0.3 is 14.0 Å². The Morgan fingerprint density at radius 3 is 2.53 bits per heavy atom. The second kappa shape index (κ2) is 9.30. The minimum absolute atomic E-state index is 0.270. The predicted molar refractivity (Wildman–Crippen MR) is 127 cm³/mol. The molecule has 0 aromatic carbocycles. The first-order chi connectivity index (χ1) is 15.6. The van der Waals surface area contributed by atoms with Crippen molar-refractivity contribution in [3.05, 3.63) is 65.4 Å². The lowest BCUT2D eigenvalue weighted by molar-refractivity contribution is -0.000739. The van der Waals surface area contributed by atoms with E-state index in [0.29, 0.717) is 18.8 Å². The maximum atomic E-state index is 6.46. The molecule has 5 rings (SSSR count). The Labute approximate surface area is 191 Å². The van der Waals surface area contributed by atoms with Gasteiger partial charge in [0.1, 0.15) is 5.65 Å². The van der Waals surface area contributed by atoms with E-state index in [4.69, 9.17) is 14.7 Å². The number of likely N-dealkylation sites (tertiary alicyclic amines) is 2. The van der Waals surface area contributed by atoms with Crippen LogP contribution in [0.4, 0.5) is 0 Å². The van der Waals surface area contributed by atoms with Crippen molar-refractivity contribution in [3.8, 4) is 0 Å². The molecule has 170 valence electrons. The Morgan fingerprint density at radius 1 is 0.969 bits per heavy atom. The molecule has 32 heavy (non-hydrogen) atoms. The summed E-state index contributed by atoms with van der Waals surface area (Å²) in [5.74, 6) is 0. The standard InChI is InChI=1S/C26H35N5O/c1-19-8-7-14-27-25(19)21-9-6-10-22(30(21)3)26-23(31-15-5-4-11-24(31)28-26)18-32-20-12-16-29(2)17-13-20/h4-5,7-8,11,14-15,20-22H,6,9-10,12-13,16-18H2,1-3H3/t21-,22+/m0/s1. The monoisotopic (exact) mass is 433 g/mol. The Kier molecular flexibility index (Phi) is 6.26. The molecule has 2 aliphatic heterocycles. The lowest BCUT2D eigenvalue weighted by atomic mass is 9.90. The molecule has 0 unspecified atom stereocenters. The number of piperidine rings is 2. The summed E-state index contributed by atoms with van der Waals surface area (Å²) in [4.78, 5) is 14.8. The van der Waals surface area contributed by atoms with Crippen LogP contribution in [-0.4, -0.2) is 57.5 Å². The van der Waals surface area contributed by atoms with Crippen LogP contribution < -0.4 is 0 Å². The highest BCUT2D eigenvalue weighted by atomic mass is 16.5. The van der Waals surface area contributed by atoms with Crippen LogP contribution in [0.25, 0.3) is 5.65 Å². The number of hydrogen-bond donors (Lipinski definition) is 0. The SMILES string of the molecule is Cc1cccnc1[C@@H]1CCC[C@H](c2nc3ccccn3c2COC2CCN(C)CC2)N1C. The van der Waals surface area contributed by atoms with Crippen molar-refractivity contribution >= 4 is 5.65 Å². The van der Waals surface area contributed by atoms with Crippen molar-refractivity contribution in [2.45, 2.75) is 63.8 Å². The van der Waals surface area contributed by atoms with Gasteiger partial charge in [-0.1, -0.05) is 12.1 Å². The minimum atomic E-state index is 0.270. The van der Waals surface area contributed by atoms with E-state index in [1.807, 2.05) is 12.3 Å². The van der Waals surface area contributed by atoms with E-state index in [-0.39, 0.29) is 6.04 Å². The molecule has 3 aromatic heterocycles. The third-order valence-corrected chi connectivity index (χ3v) is 7.40. The average Bonchev–Trinajstić information content (AvgIpc) is 3.18. The van der Waals surface area contributed by atoms with Gasteiger partial charge in [0.05, 0.1) is 41.9 Å². The van der Waals surface area contributed by atoms with Gasteiger partial charge >= 0.3 is 0 Å². The van der Waals surface area contributed by atoms with Gasteiger partial charge in [0, 0.05) is 25.5 Å². The average molecular weight is 434 g/mol. The quantitative estimate of drug-likeness (QED) is 0.591. The van der Waals surface area contributed by atoms with E-state index in [1.54, 1.807) is 0 Å². The number of rotatable bonds is 5. The summed E-state index contributed by atoms with van der Waals surface area (Å²) in [7, 11) is 4.44. The van der Waals surface area contributed by atoms with Crippen molar-refractivity contribution in [1.29, 1.82) is 0 Å². The maximum absolute atomic E-state index is 6.46. The van der Waals surface area contributed by atoms with Crippen molar-refractivity contribution in [1.82, 2.24) is 24.2 Å². The first kappa shape index (κ1) is 21.6. The molecule has 2 atom stereocenters. The van der Waals surface area contributed by atoms with E-state index >= 15 is 0 Å². The number of imidazole rings is 1. The number of fused-ring (bicyclic) bond motifs is 1. The summed E-state index contributed by atoms with van der Waals surface area (Å²) in [5.41, 5.74) is 5.85. The molecule has 2 saturated heterocycles. The fraction of sp³-hybridized carbons (Fsp3) is 0.538. The lowest BCUT2D eigenvalue weighted by Gasteiger charge is -2.39. The fourth-order valence-electron chi connectivity index (χ4n) is 5.46. The molecule has 0 saturated carbocycles. The van der Waals surface area contributed by atoms with E-state index < -0.39 is 0 Å². The van der Waals surface area contributed by atoms with E-state index in [0.717, 1.165) is 44.4 Å². The third-order valence-electron chi connectivity index (χ3n) is 7.40. The molecule has 0 aliphatic carbocycles. The van der Waals surface area contributed by atoms with Crippen LogP contribution in [0.5, 0.6) is 0 Å². The molecule has 0 amide bonds. The molecule has 2 aliphatic rings. The van der Waals surface area contributed by atoms with Crippen LogP contribution in [0, 0.1) is 6.92 Å². The number of hydrogen-bond acceptors (Lipinski definition) is 5. The number of pyridine rings is 2. The van der Waals surface area contributed by atoms with Crippen molar-refractivity contribution < 1.29 is 4.74 Å². The smallest absolute Gasteiger partial charge is 0.137 e. The Hall–Kier alpha value is -2.28. The molecule has 0 radical (unpaired) electrons. The minimum Gasteiger partial charge on any atom is -0.372 e. The predicted octanol–water partition coefficient (Wildman–Crippen LogP) is 4.55. The largest absolute Gasteiger partial charge is 0.372 e. The van der Waals surface area contributed by atoms with E-state index in [9.17, 15) is 0 Å². The molecular formula is C26H35N5O. The summed E-state index contributed by atoms with van der Waals surface area (Å²) in [6, 6.07) is 11.0. The second-order valence-electron chi connectivity index (χ2n) is 9.52. The summed E-state index contributed by atoms with van der Waals surface area (Å²) >= 11 is 0. The van der Waals surface area contributed by atoms with Gasteiger partial charge in [-0.25, -0.2) is 4.98 Å². The van der Waals surface area contributed by atoms with Crippen LogP contribution in [0.15, 0.2) is 42.7 Å². The molecule has 0 bridgehead atoms. The van der Waals surface area contributed by atoms with E-state index in [1.165, 1.54) is 29.1 Å². The summed E-state index contributed by atoms with van der Waals surface area (Å²) in [6.07, 6.45) is 10.0. The first-order valence-corrected chi connectivity index (χ1v) is 12.0. The van der Waals surface area contributed by atoms with E-state index in [2.05, 4.69) is 65.7 Å². The zero-order valence-corrected chi connectivity index (χ0v) is 19.6. The van der Waals surface area contributed by atoms with Gasteiger partial charge in [-0.05, 0) is 76.9 Å². The Morgan fingerprint density at radius 2 is 1.75 bits per heavy atom. The maximum Gasteiger partial charge on any atom is 0.137 e. The van der Waals surface area contributed by atoms with Crippen molar-refractivity contribution in [2.75, 3.05) is 27.2 Å². The van der Waals surface area contributed by atoms with Crippen molar-refractivity contribution in [2.24, 2.45) is 0 Å². The van der Waals surface area contributed by atoms with Crippen LogP contribution in [-0.2, 0) is 11.3 Å². The molecule has 5 heterocycles. The highest BCUT2D eigenvalue weighted by Crippen LogP contribution is 2.41. The lowest BCUT2D eigenvalue weighted by Crippen LogP contribution is -2.35. The molecule has 0 N–H and O–H groups in total. The Balaban J connectivity index is 1.44. The van der Waals surface area contributed by atoms with Gasteiger partial charge in [-0.2, -0.15) is 0 Å². The molecule has 3 aromatic rings. The number of aryl methyl sites for hydroxylation is 1. The third kappa shape index (κ3) is 4.19. The van der Waals surface area contributed by atoms with Crippen molar-refractivity contribution in [3.63, 3.8) is 0 Å². The summed E-state index contributed by atoms with van der Waals surface area (Å²) < 4.78 is 8.69. The number of nitrogens with zero attached hydrogens (tertiary/aromatic N) is 5. The Bertz CT molecular complexity index is 1060. The highest BCUT2D eigenvalue weighted by molar-refractivity contribution is 5.44. The highest BCUT2D eigenvalue weighted by Gasteiger charge is 2.34. The normalized spacial score (nSPS) is 23.7. The molecule has 6 nitrogen and oxygen atoms in total. The van der Waals surface area contributed by atoms with Gasteiger partial charge in [-0.15, -0.1) is 0 Å². The zero-order valence-electron chi connectivity index (χ0n) is 19.6. The summed E-state index contributed by atoms with van der Waals surface area (Å²) in [6.45, 7) is 5.01. The van der Waals surface area contributed by atoms with Crippen LogP contribution in [0.2, 0.25) is 0 Å². The van der Waals surface area contributed by atoms with Gasteiger partial charge in [0.25, 0.3) is 0 Å². The number of aromatic nitrogens is 3. The molecule has 0 spiro atoms. The van der Waals surface area contributed by atoms with Crippen LogP contribution >= 0.6 is 0 Å². The molecule has 6 heteroatoms. The second-order valence-corrected chi connectivity index (χ2v) is 9.52. The fourth-order valence-corrected chi connectivity index (χ4v) is 5.46. The van der Waals surface area contributed by atoms with Gasteiger partial charge in [0.2, 0.25) is 0 Å².